The number of morpholine rings is 1. The number of amides is 1. The lowest BCUT2D eigenvalue weighted by molar-refractivity contribution is -0.384. The van der Waals surface area contributed by atoms with Gasteiger partial charge in [-0.25, -0.2) is 9.37 Å². The molecule has 0 aliphatic carbocycles. The lowest BCUT2D eigenvalue weighted by Crippen LogP contribution is -2.37. The maximum Gasteiger partial charge on any atom is 0.293 e. The van der Waals surface area contributed by atoms with Gasteiger partial charge in [0.05, 0.1) is 23.7 Å². The first-order chi connectivity index (χ1) is 17.9. The van der Waals surface area contributed by atoms with Crippen molar-refractivity contribution in [3.05, 3.63) is 82.2 Å². The third-order valence-electron chi connectivity index (χ3n) is 5.76. The number of nitro groups is 1. The monoisotopic (exact) mass is 521 g/mol. The number of hydrogen-bond acceptors (Lipinski definition) is 8. The van der Waals surface area contributed by atoms with Crippen LogP contribution < -0.4 is 15.5 Å². The molecule has 1 saturated heterocycles. The maximum absolute atomic E-state index is 14.1. The van der Waals surface area contributed by atoms with Crippen molar-refractivity contribution in [2.24, 2.45) is 0 Å². The van der Waals surface area contributed by atoms with E-state index >= 15 is 0 Å². The summed E-state index contributed by atoms with van der Waals surface area (Å²) in [6, 6.07) is 15.4. The first-order valence-corrected chi connectivity index (χ1v) is 11.7. The molecular weight excluding hydrogens is 501 g/mol. The number of nitro benzene ring substituents is 1. The van der Waals surface area contributed by atoms with Crippen LogP contribution in [0.3, 0.4) is 0 Å². The highest BCUT2D eigenvalue weighted by Gasteiger charge is 2.23. The average molecular weight is 522 g/mol. The summed E-state index contributed by atoms with van der Waals surface area (Å²) in [5, 5.41) is 17.1. The number of anilines is 2. The van der Waals surface area contributed by atoms with E-state index in [9.17, 15) is 19.3 Å². The first kappa shape index (κ1) is 24.3. The second kappa shape index (κ2) is 10.3. The number of aromatic nitrogens is 1. The Morgan fingerprint density at radius 3 is 2.65 bits per heavy atom. The van der Waals surface area contributed by atoms with Crippen molar-refractivity contribution in [3.8, 4) is 11.5 Å². The average Bonchev–Trinajstić information content (AvgIpc) is 3.32. The predicted octanol–water partition coefficient (Wildman–Crippen LogP) is 4.51. The number of thiocarbonyl (C=S) groups is 1. The van der Waals surface area contributed by atoms with Gasteiger partial charge in [-0.05, 0) is 54.7 Å². The minimum Gasteiger partial charge on any atom is -0.436 e. The summed E-state index contributed by atoms with van der Waals surface area (Å²) in [6.45, 7) is 2.00. The summed E-state index contributed by atoms with van der Waals surface area (Å²) < 4.78 is 25.0. The molecule has 2 N–H and O–H groups in total. The van der Waals surface area contributed by atoms with Crippen molar-refractivity contribution in [1.29, 1.82) is 0 Å². The number of benzene rings is 3. The summed E-state index contributed by atoms with van der Waals surface area (Å²) >= 11 is 5.25. The van der Waals surface area contributed by atoms with Crippen molar-refractivity contribution >= 4 is 51.4 Å². The minimum absolute atomic E-state index is 0.0120. The molecule has 3 aromatic carbocycles. The van der Waals surface area contributed by atoms with Crippen molar-refractivity contribution in [2.45, 2.75) is 0 Å². The van der Waals surface area contributed by atoms with Crippen LogP contribution in [0.25, 0.3) is 22.6 Å². The maximum atomic E-state index is 14.1. The van der Waals surface area contributed by atoms with Gasteiger partial charge in [0.25, 0.3) is 11.6 Å². The van der Waals surface area contributed by atoms with Crippen LogP contribution in [0.4, 0.5) is 21.5 Å². The van der Waals surface area contributed by atoms with E-state index in [-0.39, 0.29) is 27.8 Å². The standard InChI is InChI=1S/C25H20FN5O5S/c26-18-4-2-1-3-17(18)24-28-19-14-16(6-8-22(19)36-24)27-25(37)29-23(32)15-5-7-20(21(13-15)31(33)34)30-9-11-35-12-10-30/h1-8,13-14H,9-12H2,(H2,27,29,32,37). The smallest absolute Gasteiger partial charge is 0.293 e. The van der Waals surface area contributed by atoms with Crippen molar-refractivity contribution < 1.29 is 23.3 Å². The van der Waals surface area contributed by atoms with Gasteiger partial charge in [0, 0.05) is 30.4 Å². The van der Waals surface area contributed by atoms with E-state index in [1.807, 2.05) is 4.90 Å². The van der Waals surface area contributed by atoms with Gasteiger partial charge in [-0.3, -0.25) is 20.2 Å². The third-order valence-corrected chi connectivity index (χ3v) is 5.97. The van der Waals surface area contributed by atoms with Gasteiger partial charge in [0.2, 0.25) is 5.89 Å². The number of rotatable bonds is 5. The fourth-order valence-electron chi connectivity index (χ4n) is 3.98. The number of nitrogens with one attached hydrogen (secondary N) is 2. The molecule has 1 fully saturated rings. The van der Waals surface area contributed by atoms with E-state index in [2.05, 4.69) is 15.6 Å². The van der Waals surface area contributed by atoms with Gasteiger partial charge < -0.3 is 19.4 Å². The molecule has 5 rings (SSSR count). The molecule has 10 nitrogen and oxygen atoms in total. The van der Waals surface area contributed by atoms with E-state index in [0.29, 0.717) is 48.8 Å². The number of oxazole rings is 1. The van der Waals surface area contributed by atoms with Gasteiger partial charge >= 0.3 is 0 Å². The second-order valence-corrected chi connectivity index (χ2v) is 8.56. The van der Waals surface area contributed by atoms with Crippen LogP contribution in [0, 0.1) is 15.9 Å². The van der Waals surface area contributed by atoms with Crippen LogP contribution >= 0.6 is 12.2 Å². The van der Waals surface area contributed by atoms with Crippen LogP contribution in [-0.4, -0.2) is 47.2 Å². The van der Waals surface area contributed by atoms with Gasteiger partial charge in [0.15, 0.2) is 10.7 Å². The zero-order valence-corrected chi connectivity index (χ0v) is 20.1. The van der Waals surface area contributed by atoms with Crippen LogP contribution in [0.5, 0.6) is 0 Å². The summed E-state index contributed by atoms with van der Waals surface area (Å²) in [5.74, 6) is -0.906. The Kier molecular flexibility index (Phi) is 6.75. The predicted molar refractivity (Wildman–Crippen MR) is 139 cm³/mol. The molecule has 0 unspecified atom stereocenters. The highest BCUT2D eigenvalue weighted by molar-refractivity contribution is 7.80. The van der Waals surface area contributed by atoms with Gasteiger partial charge in [0.1, 0.15) is 17.0 Å². The second-order valence-electron chi connectivity index (χ2n) is 8.15. The van der Waals surface area contributed by atoms with Crippen molar-refractivity contribution in [3.63, 3.8) is 0 Å². The largest absolute Gasteiger partial charge is 0.436 e. The quantitative estimate of drug-likeness (QED) is 0.222. The number of carbonyl (C=O) groups is 1. The lowest BCUT2D eigenvalue weighted by atomic mass is 10.1. The SMILES string of the molecule is O=C(NC(=S)Nc1ccc2oc(-c3ccccc3F)nc2c1)c1ccc(N2CCOCC2)c([N+](=O)[O-])c1. The van der Waals surface area contributed by atoms with E-state index in [0.717, 1.165) is 0 Å². The Bertz CT molecular complexity index is 1520. The number of fused-ring (bicyclic) bond motifs is 1. The number of halogens is 1. The normalized spacial score (nSPS) is 13.4. The Morgan fingerprint density at radius 2 is 1.89 bits per heavy atom. The lowest BCUT2D eigenvalue weighted by Gasteiger charge is -2.28. The molecule has 188 valence electrons. The number of carbonyl (C=O) groups excluding carboxylic acids is 1. The molecule has 37 heavy (non-hydrogen) atoms. The fraction of sp³-hybridized carbons (Fsp3) is 0.160. The zero-order chi connectivity index (χ0) is 25.9. The molecular formula is C25H20FN5O5S. The summed E-state index contributed by atoms with van der Waals surface area (Å²) in [6.07, 6.45) is 0. The molecule has 0 bridgehead atoms. The molecule has 1 aliphatic rings. The molecule has 0 atom stereocenters. The molecule has 2 heterocycles. The Balaban J connectivity index is 1.29. The van der Waals surface area contributed by atoms with Crippen LogP contribution in [0.1, 0.15) is 10.4 Å². The Hall–Kier alpha value is -4.42. The van der Waals surface area contributed by atoms with E-state index in [4.69, 9.17) is 21.4 Å². The van der Waals surface area contributed by atoms with Gasteiger partial charge in [-0.2, -0.15) is 0 Å². The van der Waals surface area contributed by atoms with Crippen LogP contribution in [0.2, 0.25) is 0 Å². The van der Waals surface area contributed by atoms with Crippen molar-refractivity contribution in [1.82, 2.24) is 10.3 Å². The van der Waals surface area contributed by atoms with E-state index in [1.54, 1.807) is 42.5 Å². The number of hydrogen-bond donors (Lipinski definition) is 2. The Morgan fingerprint density at radius 1 is 1.11 bits per heavy atom. The number of nitrogens with zero attached hydrogens (tertiary/aromatic N) is 3. The molecule has 1 amide bonds. The first-order valence-electron chi connectivity index (χ1n) is 11.3. The molecule has 12 heteroatoms. The molecule has 4 aromatic rings. The molecule has 1 aliphatic heterocycles. The highest BCUT2D eigenvalue weighted by Crippen LogP contribution is 2.30. The van der Waals surface area contributed by atoms with Crippen LogP contribution in [-0.2, 0) is 4.74 Å². The molecule has 0 radical (unpaired) electrons. The van der Waals surface area contributed by atoms with Crippen LogP contribution in [0.15, 0.2) is 65.1 Å². The van der Waals surface area contributed by atoms with Crippen molar-refractivity contribution in [2.75, 3.05) is 36.5 Å². The Labute approximate surface area is 215 Å². The van der Waals surface area contributed by atoms with E-state index < -0.39 is 16.6 Å². The molecule has 0 spiro atoms. The summed E-state index contributed by atoms with van der Waals surface area (Å²) in [5.41, 5.74) is 2.02. The highest BCUT2D eigenvalue weighted by atomic mass is 32.1. The topological polar surface area (TPSA) is 123 Å². The van der Waals surface area contributed by atoms with Gasteiger partial charge in [-0.1, -0.05) is 12.1 Å². The summed E-state index contributed by atoms with van der Waals surface area (Å²) in [7, 11) is 0. The number of ether oxygens (including phenoxy) is 1. The third kappa shape index (κ3) is 5.25. The van der Waals surface area contributed by atoms with Gasteiger partial charge in [-0.15, -0.1) is 0 Å². The zero-order valence-electron chi connectivity index (χ0n) is 19.3. The summed E-state index contributed by atoms with van der Waals surface area (Å²) in [4.78, 5) is 30.1. The fourth-order valence-corrected chi connectivity index (χ4v) is 4.19. The van der Waals surface area contributed by atoms with E-state index in [1.165, 1.54) is 18.2 Å². The molecule has 0 saturated carbocycles. The minimum atomic E-state index is -0.599. The molecule has 1 aromatic heterocycles.